The average molecular weight is 355 g/mol. The summed E-state index contributed by atoms with van der Waals surface area (Å²) >= 11 is 6.05. The molecule has 126 valence electrons. The molecule has 3 rings (SSSR count). The van der Waals surface area contributed by atoms with E-state index >= 15 is 0 Å². The maximum atomic E-state index is 12.3. The topological polar surface area (TPSA) is 60.5 Å². The van der Waals surface area contributed by atoms with Crippen LogP contribution < -0.4 is 14.8 Å². The number of benzene rings is 2. The lowest BCUT2D eigenvalue weighted by Gasteiger charge is -2.13. The SMILES string of the molecule is COc1ccc(Oc2ccc(Cl)cc2NC(=O)c2ccccn2)cc1. The van der Waals surface area contributed by atoms with Gasteiger partial charge in [-0.05, 0) is 54.6 Å². The standard InChI is InChI=1S/C19H15ClN2O3/c1-24-14-6-8-15(9-7-14)25-18-10-5-13(20)12-17(18)22-19(23)16-4-2-3-11-21-16/h2-12H,1H3,(H,22,23). The van der Waals surface area contributed by atoms with Crippen molar-refractivity contribution in [3.05, 3.63) is 77.6 Å². The van der Waals surface area contributed by atoms with Gasteiger partial charge in [0.1, 0.15) is 17.2 Å². The van der Waals surface area contributed by atoms with Crippen molar-refractivity contribution in [2.24, 2.45) is 0 Å². The molecular formula is C19H15ClN2O3. The fourth-order valence-electron chi connectivity index (χ4n) is 2.14. The Morgan fingerprint density at radius 3 is 2.48 bits per heavy atom. The third-order valence-electron chi connectivity index (χ3n) is 3.37. The molecule has 25 heavy (non-hydrogen) atoms. The highest BCUT2D eigenvalue weighted by Crippen LogP contribution is 2.33. The van der Waals surface area contributed by atoms with Crippen LogP contribution in [0.3, 0.4) is 0 Å². The predicted octanol–water partition coefficient (Wildman–Crippen LogP) is 4.79. The number of rotatable bonds is 5. The molecule has 0 aliphatic heterocycles. The Hall–Kier alpha value is -3.05. The van der Waals surface area contributed by atoms with Crippen LogP contribution in [-0.4, -0.2) is 18.0 Å². The maximum absolute atomic E-state index is 12.3. The fourth-order valence-corrected chi connectivity index (χ4v) is 2.32. The first-order chi connectivity index (χ1) is 12.2. The molecule has 0 fully saturated rings. The fraction of sp³-hybridized carbons (Fsp3) is 0.0526. The van der Waals surface area contributed by atoms with E-state index in [1.807, 2.05) is 0 Å². The van der Waals surface area contributed by atoms with Crippen molar-refractivity contribution < 1.29 is 14.3 Å². The first-order valence-electron chi connectivity index (χ1n) is 7.49. The first-order valence-corrected chi connectivity index (χ1v) is 7.87. The molecule has 0 unspecified atom stereocenters. The third-order valence-corrected chi connectivity index (χ3v) is 3.61. The number of hydrogen-bond donors (Lipinski definition) is 1. The quantitative estimate of drug-likeness (QED) is 0.715. The zero-order chi connectivity index (χ0) is 17.6. The number of halogens is 1. The van der Waals surface area contributed by atoms with Crippen LogP contribution in [0.25, 0.3) is 0 Å². The van der Waals surface area contributed by atoms with Gasteiger partial charge < -0.3 is 14.8 Å². The van der Waals surface area contributed by atoms with Crippen molar-refractivity contribution in [2.45, 2.75) is 0 Å². The Bertz CT molecular complexity index is 868. The van der Waals surface area contributed by atoms with Gasteiger partial charge in [0.2, 0.25) is 0 Å². The number of hydrogen-bond acceptors (Lipinski definition) is 4. The lowest BCUT2D eigenvalue weighted by molar-refractivity contribution is 0.102. The Morgan fingerprint density at radius 2 is 1.80 bits per heavy atom. The van der Waals surface area contributed by atoms with E-state index in [0.717, 1.165) is 5.75 Å². The number of carbonyl (C=O) groups excluding carboxylic acids is 1. The Kier molecular flexibility index (Phi) is 5.16. The minimum absolute atomic E-state index is 0.304. The third kappa shape index (κ3) is 4.28. The van der Waals surface area contributed by atoms with Crippen LogP contribution in [0, 0.1) is 0 Å². The highest BCUT2D eigenvalue weighted by molar-refractivity contribution is 6.31. The Morgan fingerprint density at radius 1 is 1.04 bits per heavy atom. The molecule has 1 amide bonds. The van der Waals surface area contributed by atoms with Gasteiger partial charge in [-0.2, -0.15) is 0 Å². The number of pyridine rings is 1. The normalized spacial score (nSPS) is 10.2. The molecular weight excluding hydrogens is 340 g/mol. The van der Waals surface area contributed by atoms with Crippen molar-refractivity contribution in [3.63, 3.8) is 0 Å². The molecule has 0 atom stereocenters. The molecule has 3 aromatic rings. The summed E-state index contributed by atoms with van der Waals surface area (Å²) in [5.74, 6) is 1.46. The van der Waals surface area contributed by atoms with Crippen LogP contribution >= 0.6 is 11.6 Å². The van der Waals surface area contributed by atoms with E-state index in [-0.39, 0.29) is 5.91 Å². The van der Waals surface area contributed by atoms with E-state index in [0.29, 0.717) is 27.9 Å². The van der Waals surface area contributed by atoms with Crippen LogP contribution in [0.2, 0.25) is 5.02 Å². The first kappa shape index (κ1) is 16.8. The molecule has 5 nitrogen and oxygen atoms in total. The van der Waals surface area contributed by atoms with Gasteiger partial charge in [-0.15, -0.1) is 0 Å². The van der Waals surface area contributed by atoms with E-state index in [9.17, 15) is 4.79 Å². The number of amides is 1. The number of anilines is 1. The summed E-state index contributed by atoms with van der Waals surface area (Å²) in [4.78, 5) is 16.4. The highest BCUT2D eigenvalue weighted by atomic mass is 35.5. The van der Waals surface area contributed by atoms with Crippen LogP contribution in [0.15, 0.2) is 66.9 Å². The number of methoxy groups -OCH3 is 1. The van der Waals surface area contributed by atoms with Crippen molar-refractivity contribution in [1.29, 1.82) is 0 Å². The zero-order valence-corrected chi connectivity index (χ0v) is 14.2. The maximum Gasteiger partial charge on any atom is 0.274 e. The second-order valence-electron chi connectivity index (χ2n) is 5.09. The Balaban J connectivity index is 1.83. The van der Waals surface area contributed by atoms with Gasteiger partial charge >= 0.3 is 0 Å². The average Bonchev–Trinajstić information content (AvgIpc) is 2.65. The lowest BCUT2D eigenvalue weighted by Crippen LogP contribution is -2.13. The van der Waals surface area contributed by atoms with E-state index < -0.39 is 0 Å². The summed E-state index contributed by atoms with van der Waals surface area (Å²) < 4.78 is 11.0. The van der Waals surface area contributed by atoms with E-state index in [4.69, 9.17) is 21.1 Å². The predicted molar refractivity (Wildman–Crippen MR) is 96.7 cm³/mol. The molecule has 1 aromatic heterocycles. The molecule has 0 saturated heterocycles. The van der Waals surface area contributed by atoms with Gasteiger partial charge in [0.25, 0.3) is 5.91 Å². The molecule has 0 radical (unpaired) electrons. The van der Waals surface area contributed by atoms with Gasteiger partial charge in [-0.1, -0.05) is 17.7 Å². The van der Waals surface area contributed by atoms with Crippen molar-refractivity contribution >= 4 is 23.2 Å². The summed E-state index contributed by atoms with van der Waals surface area (Å²) in [6, 6.07) is 17.3. The van der Waals surface area contributed by atoms with Crippen LogP contribution in [0.1, 0.15) is 10.5 Å². The summed E-state index contributed by atoms with van der Waals surface area (Å²) in [5, 5.41) is 3.26. The van der Waals surface area contributed by atoms with Crippen LogP contribution in [0.5, 0.6) is 17.2 Å². The van der Waals surface area contributed by atoms with Crippen molar-refractivity contribution in [2.75, 3.05) is 12.4 Å². The van der Waals surface area contributed by atoms with E-state index in [1.165, 1.54) is 0 Å². The number of nitrogens with one attached hydrogen (secondary N) is 1. The van der Waals surface area contributed by atoms with Gasteiger partial charge in [0, 0.05) is 11.2 Å². The largest absolute Gasteiger partial charge is 0.497 e. The molecule has 0 spiro atoms. The summed E-state index contributed by atoms with van der Waals surface area (Å²) in [6.07, 6.45) is 1.56. The van der Waals surface area contributed by atoms with Crippen molar-refractivity contribution in [3.8, 4) is 17.2 Å². The van der Waals surface area contributed by atoms with Gasteiger partial charge in [-0.3, -0.25) is 9.78 Å². The molecule has 1 N–H and O–H groups in total. The summed E-state index contributed by atoms with van der Waals surface area (Å²) in [6.45, 7) is 0. The summed E-state index contributed by atoms with van der Waals surface area (Å²) in [7, 11) is 1.60. The second kappa shape index (κ2) is 7.68. The monoisotopic (exact) mass is 354 g/mol. The summed E-state index contributed by atoms with van der Waals surface area (Å²) in [5.41, 5.74) is 0.761. The minimum atomic E-state index is -0.345. The van der Waals surface area contributed by atoms with Gasteiger partial charge in [0.15, 0.2) is 5.75 Å². The van der Waals surface area contributed by atoms with E-state index in [1.54, 1.807) is 74.0 Å². The molecule has 2 aromatic carbocycles. The second-order valence-corrected chi connectivity index (χ2v) is 5.52. The van der Waals surface area contributed by atoms with Crippen LogP contribution in [0.4, 0.5) is 5.69 Å². The minimum Gasteiger partial charge on any atom is -0.497 e. The zero-order valence-electron chi connectivity index (χ0n) is 13.4. The molecule has 1 heterocycles. The van der Waals surface area contributed by atoms with Gasteiger partial charge in [0.05, 0.1) is 12.8 Å². The van der Waals surface area contributed by atoms with Crippen LogP contribution in [-0.2, 0) is 0 Å². The lowest BCUT2D eigenvalue weighted by atomic mass is 10.2. The number of nitrogens with zero attached hydrogens (tertiary/aromatic N) is 1. The molecule has 0 saturated carbocycles. The molecule has 0 aliphatic rings. The number of carbonyl (C=O) groups is 1. The van der Waals surface area contributed by atoms with Crippen molar-refractivity contribution in [1.82, 2.24) is 4.98 Å². The smallest absolute Gasteiger partial charge is 0.274 e. The number of aromatic nitrogens is 1. The molecule has 0 bridgehead atoms. The van der Waals surface area contributed by atoms with Gasteiger partial charge in [-0.25, -0.2) is 0 Å². The number of ether oxygens (including phenoxy) is 2. The molecule has 6 heteroatoms. The molecule has 0 aliphatic carbocycles. The van der Waals surface area contributed by atoms with E-state index in [2.05, 4.69) is 10.3 Å². The highest BCUT2D eigenvalue weighted by Gasteiger charge is 2.12. The Labute approximate surface area is 150 Å².